The third kappa shape index (κ3) is 7.47. The first-order chi connectivity index (χ1) is 15.3. The molecule has 0 aliphatic carbocycles. The summed E-state index contributed by atoms with van der Waals surface area (Å²) in [6.07, 6.45) is 1.04. The van der Waals surface area contributed by atoms with E-state index in [2.05, 4.69) is 5.32 Å². The Kier molecular flexibility index (Phi) is 8.91. The number of halogens is 1. The van der Waals surface area contributed by atoms with E-state index in [1.807, 2.05) is 45.0 Å². The monoisotopic (exact) mass is 493 g/mol. The van der Waals surface area contributed by atoms with Gasteiger partial charge in [0.15, 0.2) is 0 Å². The number of carbonyl (C=O) groups is 2. The number of hydrogen-bond acceptors (Lipinski definition) is 4. The Morgan fingerprint density at radius 2 is 1.73 bits per heavy atom. The maximum atomic E-state index is 13.5. The lowest BCUT2D eigenvalue weighted by Gasteiger charge is -2.32. The van der Waals surface area contributed by atoms with E-state index in [1.54, 1.807) is 26.0 Å². The lowest BCUT2D eigenvalue weighted by atomic mass is 10.1. The predicted octanol–water partition coefficient (Wildman–Crippen LogP) is 3.66. The highest BCUT2D eigenvalue weighted by atomic mass is 35.5. The first-order valence-corrected chi connectivity index (χ1v) is 12.9. The van der Waals surface area contributed by atoms with E-state index in [0.29, 0.717) is 5.02 Å². The number of benzene rings is 2. The number of carbonyl (C=O) groups excluding carboxylic acids is 2. The molecule has 0 aliphatic heterocycles. The number of hydrogen-bond donors (Lipinski definition) is 1. The lowest BCUT2D eigenvalue weighted by molar-refractivity contribution is -0.139. The van der Waals surface area contributed by atoms with Crippen molar-refractivity contribution < 1.29 is 18.0 Å². The molecule has 0 bridgehead atoms. The lowest BCUT2D eigenvalue weighted by Crippen LogP contribution is -2.52. The number of sulfonamides is 1. The molecule has 0 heterocycles. The molecule has 0 radical (unpaired) electrons. The summed E-state index contributed by atoms with van der Waals surface area (Å²) in [5.74, 6) is -0.805. The van der Waals surface area contributed by atoms with E-state index in [1.165, 1.54) is 11.0 Å². The fraction of sp³-hybridized carbons (Fsp3) is 0.417. The van der Waals surface area contributed by atoms with Crippen molar-refractivity contribution in [1.29, 1.82) is 0 Å². The van der Waals surface area contributed by atoms with Crippen LogP contribution in [-0.4, -0.2) is 50.0 Å². The van der Waals surface area contributed by atoms with Crippen molar-refractivity contribution >= 4 is 39.1 Å². The van der Waals surface area contributed by atoms with Gasteiger partial charge in [-0.1, -0.05) is 47.5 Å². The Labute approximate surface area is 201 Å². The molecule has 180 valence electrons. The van der Waals surface area contributed by atoms with Crippen molar-refractivity contribution in [2.75, 3.05) is 17.1 Å². The van der Waals surface area contributed by atoms with Gasteiger partial charge in [0.25, 0.3) is 0 Å². The van der Waals surface area contributed by atoms with Gasteiger partial charge in [0, 0.05) is 17.6 Å². The number of amides is 2. The molecule has 0 unspecified atom stereocenters. The fourth-order valence-electron chi connectivity index (χ4n) is 3.35. The van der Waals surface area contributed by atoms with Gasteiger partial charge in [0.2, 0.25) is 21.8 Å². The molecule has 2 aromatic carbocycles. The molecule has 0 fully saturated rings. The maximum Gasteiger partial charge on any atom is 0.244 e. The largest absolute Gasteiger partial charge is 0.352 e. The minimum Gasteiger partial charge on any atom is -0.352 e. The van der Waals surface area contributed by atoms with E-state index in [9.17, 15) is 18.0 Å². The molecule has 2 rings (SSSR count). The predicted molar refractivity (Wildman–Crippen MR) is 133 cm³/mol. The summed E-state index contributed by atoms with van der Waals surface area (Å²) >= 11 is 6.20. The number of nitrogens with zero attached hydrogens (tertiary/aromatic N) is 2. The third-order valence-electron chi connectivity index (χ3n) is 5.16. The van der Waals surface area contributed by atoms with Gasteiger partial charge in [0.05, 0.1) is 11.9 Å². The number of rotatable bonds is 9. The van der Waals surface area contributed by atoms with Crippen molar-refractivity contribution in [1.82, 2.24) is 10.2 Å². The van der Waals surface area contributed by atoms with Crippen LogP contribution >= 0.6 is 11.6 Å². The average molecular weight is 494 g/mol. The van der Waals surface area contributed by atoms with E-state index < -0.39 is 28.5 Å². The average Bonchev–Trinajstić information content (AvgIpc) is 2.70. The Balaban J connectivity index is 2.41. The van der Waals surface area contributed by atoms with Gasteiger partial charge in [-0.15, -0.1) is 0 Å². The summed E-state index contributed by atoms with van der Waals surface area (Å²) in [6, 6.07) is 11.5. The van der Waals surface area contributed by atoms with Gasteiger partial charge in [-0.25, -0.2) is 8.42 Å². The van der Waals surface area contributed by atoms with Crippen LogP contribution in [0, 0.1) is 13.8 Å². The Morgan fingerprint density at radius 1 is 1.06 bits per heavy atom. The quantitative estimate of drug-likeness (QED) is 0.577. The molecule has 0 spiro atoms. The minimum absolute atomic E-state index is 0.0990. The molecule has 2 amide bonds. The molecule has 1 atom stereocenters. The highest BCUT2D eigenvalue weighted by Crippen LogP contribution is 2.25. The normalized spacial score (nSPS) is 12.4. The molecule has 0 aliphatic rings. The number of aryl methyl sites for hydroxylation is 2. The zero-order valence-electron chi connectivity index (χ0n) is 19.9. The summed E-state index contributed by atoms with van der Waals surface area (Å²) < 4.78 is 26.2. The van der Waals surface area contributed by atoms with E-state index in [4.69, 9.17) is 11.6 Å². The molecule has 0 saturated carbocycles. The van der Waals surface area contributed by atoms with Crippen LogP contribution < -0.4 is 9.62 Å². The van der Waals surface area contributed by atoms with Crippen molar-refractivity contribution in [3.05, 3.63) is 64.2 Å². The topological polar surface area (TPSA) is 86.8 Å². The van der Waals surface area contributed by atoms with Crippen LogP contribution in [0.3, 0.4) is 0 Å². The molecular formula is C24H32ClN3O4S. The van der Waals surface area contributed by atoms with Gasteiger partial charge in [-0.2, -0.15) is 0 Å². The first kappa shape index (κ1) is 26.7. The van der Waals surface area contributed by atoms with Crippen LogP contribution in [0.2, 0.25) is 5.02 Å². The van der Waals surface area contributed by atoms with Gasteiger partial charge in [-0.05, 0) is 57.9 Å². The zero-order chi connectivity index (χ0) is 24.9. The molecule has 9 heteroatoms. The summed E-state index contributed by atoms with van der Waals surface area (Å²) in [5.41, 5.74) is 2.94. The molecule has 0 saturated heterocycles. The van der Waals surface area contributed by atoms with E-state index in [-0.39, 0.29) is 24.2 Å². The summed E-state index contributed by atoms with van der Waals surface area (Å²) in [7, 11) is -3.79. The van der Waals surface area contributed by atoms with Gasteiger partial charge in [0.1, 0.15) is 12.6 Å². The second-order valence-electron chi connectivity index (χ2n) is 8.55. The van der Waals surface area contributed by atoms with Crippen molar-refractivity contribution in [3.8, 4) is 0 Å². The second-order valence-corrected chi connectivity index (χ2v) is 10.9. The summed E-state index contributed by atoms with van der Waals surface area (Å²) in [5, 5.41) is 3.22. The second kappa shape index (κ2) is 11.0. The van der Waals surface area contributed by atoms with Crippen LogP contribution in [0.15, 0.2) is 42.5 Å². The van der Waals surface area contributed by atoms with Crippen LogP contribution in [0.5, 0.6) is 0 Å². The molecular weight excluding hydrogens is 462 g/mol. The molecule has 7 nitrogen and oxygen atoms in total. The Hall–Kier alpha value is -2.58. The maximum absolute atomic E-state index is 13.5. The summed E-state index contributed by atoms with van der Waals surface area (Å²) in [6.45, 7) is 8.77. The smallest absolute Gasteiger partial charge is 0.244 e. The molecule has 1 N–H and O–H groups in total. The number of anilines is 1. The molecule has 33 heavy (non-hydrogen) atoms. The first-order valence-electron chi connectivity index (χ1n) is 10.7. The van der Waals surface area contributed by atoms with Gasteiger partial charge < -0.3 is 10.2 Å². The van der Waals surface area contributed by atoms with Crippen LogP contribution in [0.4, 0.5) is 5.69 Å². The zero-order valence-corrected chi connectivity index (χ0v) is 21.5. The standard InChI is InChI=1S/C24H32ClN3O4S/c1-16(2)26-24(30)19(5)27(14-20-9-7-8-17(3)12-20)23(29)15-28(33(6,31)32)21-11-10-18(4)22(25)13-21/h7-13,16,19H,14-15H2,1-6H3,(H,26,30)/t19-/m0/s1. The van der Waals surface area contributed by atoms with E-state index in [0.717, 1.165) is 27.3 Å². The van der Waals surface area contributed by atoms with Gasteiger partial charge >= 0.3 is 0 Å². The van der Waals surface area contributed by atoms with Crippen molar-refractivity contribution in [2.45, 2.75) is 53.2 Å². The molecule has 2 aromatic rings. The van der Waals surface area contributed by atoms with Gasteiger partial charge in [-0.3, -0.25) is 13.9 Å². The Morgan fingerprint density at radius 3 is 2.27 bits per heavy atom. The summed E-state index contributed by atoms with van der Waals surface area (Å²) in [4.78, 5) is 27.6. The third-order valence-corrected chi connectivity index (χ3v) is 6.70. The van der Waals surface area contributed by atoms with E-state index >= 15 is 0 Å². The molecule has 0 aromatic heterocycles. The van der Waals surface area contributed by atoms with Crippen molar-refractivity contribution in [2.24, 2.45) is 0 Å². The van der Waals surface area contributed by atoms with Crippen LogP contribution in [0.1, 0.15) is 37.5 Å². The Bertz CT molecular complexity index is 1120. The fourth-order valence-corrected chi connectivity index (χ4v) is 4.36. The highest BCUT2D eigenvalue weighted by molar-refractivity contribution is 7.92. The van der Waals surface area contributed by atoms with Crippen LogP contribution in [-0.2, 0) is 26.2 Å². The minimum atomic E-state index is -3.79. The number of nitrogens with one attached hydrogen (secondary N) is 1. The SMILES string of the molecule is Cc1cccc(CN(C(=O)CN(c2ccc(C)c(Cl)c2)S(C)(=O)=O)[C@@H](C)C(=O)NC(C)C)c1. The van der Waals surface area contributed by atoms with Crippen molar-refractivity contribution in [3.63, 3.8) is 0 Å². The van der Waals surface area contributed by atoms with Crippen LogP contribution in [0.25, 0.3) is 0 Å². The highest BCUT2D eigenvalue weighted by Gasteiger charge is 2.30.